The van der Waals surface area contributed by atoms with Crippen LogP contribution in [-0.2, 0) is 7.05 Å². The first-order valence-corrected chi connectivity index (χ1v) is 7.54. The topological polar surface area (TPSA) is 64.8 Å². The van der Waals surface area contributed by atoms with E-state index in [9.17, 15) is 14.0 Å². The molecule has 0 fully saturated rings. The van der Waals surface area contributed by atoms with Crippen LogP contribution in [0.4, 0.5) is 4.39 Å². The summed E-state index contributed by atoms with van der Waals surface area (Å²) in [6.45, 7) is 3.85. The molecule has 0 saturated heterocycles. The lowest BCUT2D eigenvalue weighted by Crippen LogP contribution is -2.16. The average Bonchev–Trinajstić information content (AvgIpc) is 2.57. The van der Waals surface area contributed by atoms with Crippen LogP contribution in [0.25, 0.3) is 22.2 Å². The molecule has 3 rings (SSSR count). The van der Waals surface area contributed by atoms with Gasteiger partial charge in [0.05, 0.1) is 11.1 Å². The number of halogens is 1. The summed E-state index contributed by atoms with van der Waals surface area (Å²) in [6.07, 6.45) is 2.10. The van der Waals surface area contributed by atoms with Crippen LogP contribution in [0.3, 0.4) is 0 Å². The molecule has 3 aromatic rings. The van der Waals surface area contributed by atoms with E-state index in [1.807, 2.05) is 13.8 Å². The summed E-state index contributed by atoms with van der Waals surface area (Å²) in [4.78, 5) is 32.5. The van der Waals surface area contributed by atoms with Crippen LogP contribution >= 0.6 is 0 Å². The van der Waals surface area contributed by atoms with Crippen LogP contribution in [0.2, 0.25) is 0 Å². The van der Waals surface area contributed by atoms with Gasteiger partial charge in [-0.2, -0.15) is 4.98 Å². The maximum absolute atomic E-state index is 13.3. The molecule has 0 amide bonds. The van der Waals surface area contributed by atoms with Gasteiger partial charge in [-0.25, -0.2) is 9.37 Å². The van der Waals surface area contributed by atoms with Gasteiger partial charge in [-0.3, -0.25) is 9.59 Å². The molecule has 6 heteroatoms. The summed E-state index contributed by atoms with van der Waals surface area (Å²) < 4.78 is 14.9. The third kappa shape index (κ3) is 2.50. The Balaban J connectivity index is 2.56. The van der Waals surface area contributed by atoms with Crippen LogP contribution in [0.15, 0.2) is 35.4 Å². The number of carbonyl (C=O) groups excluding carboxylic acids is 1. The molecule has 24 heavy (non-hydrogen) atoms. The molecule has 5 nitrogen and oxygen atoms in total. The van der Waals surface area contributed by atoms with Crippen molar-refractivity contribution in [2.75, 3.05) is 0 Å². The first kappa shape index (κ1) is 16.0. The fourth-order valence-electron chi connectivity index (χ4n) is 2.80. The van der Waals surface area contributed by atoms with Crippen molar-refractivity contribution in [1.29, 1.82) is 0 Å². The Kier molecular flexibility index (Phi) is 3.97. The van der Waals surface area contributed by atoms with Crippen molar-refractivity contribution in [1.82, 2.24) is 14.5 Å². The minimum Gasteiger partial charge on any atom is -0.319 e. The lowest BCUT2D eigenvalue weighted by atomic mass is 9.93. The van der Waals surface area contributed by atoms with Crippen molar-refractivity contribution in [3.05, 3.63) is 58.0 Å². The molecule has 0 bridgehead atoms. The summed E-state index contributed by atoms with van der Waals surface area (Å²) in [5, 5.41) is 0.262. The van der Waals surface area contributed by atoms with Crippen molar-refractivity contribution in [2.45, 2.75) is 19.8 Å². The van der Waals surface area contributed by atoms with Gasteiger partial charge in [0.15, 0.2) is 6.29 Å². The lowest BCUT2D eigenvalue weighted by Gasteiger charge is -2.16. The Bertz CT molecular complexity index is 992. The van der Waals surface area contributed by atoms with Crippen LogP contribution in [0.5, 0.6) is 0 Å². The molecule has 0 radical (unpaired) electrons. The van der Waals surface area contributed by atoms with Crippen molar-refractivity contribution in [2.24, 2.45) is 7.05 Å². The third-order valence-corrected chi connectivity index (χ3v) is 3.94. The van der Waals surface area contributed by atoms with Gasteiger partial charge in [0.2, 0.25) is 0 Å². The summed E-state index contributed by atoms with van der Waals surface area (Å²) in [5.41, 5.74) is 1.95. The highest BCUT2D eigenvalue weighted by atomic mass is 19.1. The Morgan fingerprint density at radius 3 is 2.46 bits per heavy atom. The molecule has 2 aromatic heterocycles. The number of rotatable bonds is 3. The Hall–Kier alpha value is -2.89. The van der Waals surface area contributed by atoms with E-state index in [4.69, 9.17) is 0 Å². The van der Waals surface area contributed by atoms with Crippen LogP contribution in [0.1, 0.15) is 35.8 Å². The van der Waals surface area contributed by atoms with E-state index < -0.39 is 5.56 Å². The minimum atomic E-state index is -0.465. The standard InChI is InChI=1S/C18H16FN3O2/c1-10(2)16-13(8-23)14(11-4-6-12(19)7-5-11)15-17(21-16)22(3)9-20-18(15)24/h4-10H,1-3H3. The number of aryl methyl sites for hydroxylation is 1. The number of nitrogens with zero attached hydrogens (tertiary/aromatic N) is 3. The maximum atomic E-state index is 13.3. The quantitative estimate of drug-likeness (QED) is 0.694. The van der Waals surface area contributed by atoms with Gasteiger partial charge >= 0.3 is 0 Å². The number of hydrogen-bond donors (Lipinski definition) is 0. The first-order chi connectivity index (χ1) is 11.4. The lowest BCUT2D eigenvalue weighted by molar-refractivity contribution is 0.112. The van der Waals surface area contributed by atoms with Crippen molar-refractivity contribution < 1.29 is 9.18 Å². The second-order valence-electron chi connectivity index (χ2n) is 5.92. The molecule has 1 aromatic carbocycles. The number of fused-ring (bicyclic) bond motifs is 1. The van der Waals surface area contributed by atoms with E-state index in [-0.39, 0.29) is 17.1 Å². The zero-order chi connectivity index (χ0) is 17.4. The van der Waals surface area contributed by atoms with Crippen LogP contribution in [-0.4, -0.2) is 20.8 Å². The summed E-state index contributed by atoms with van der Waals surface area (Å²) >= 11 is 0. The molecule has 0 saturated carbocycles. The van der Waals surface area contributed by atoms with Gasteiger partial charge < -0.3 is 4.57 Å². The predicted molar refractivity (Wildman–Crippen MR) is 89.6 cm³/mol. The van der Waals surface area contributed by atoms with E-state index in [1.165, 1.54) is 18.5 Å². The van der Waals surface area contributed by atoms with E-state index in [1.54, 1.807) is 23.7 Å². The molecule has 0 atom stereocenters. The highest BCUT2D eigenvalue weighted by molar-refractivity contribution is 6.02. The number of carbonyl (C=O) groups is 1. The summed E-state index contributed by atoms with van der Waals surface area (Å²) in [5.74, 6) is -0.406. The highest BCUT2D eigenvalue weighted by Gasteiger charge is 2.21. The molecule has 0 aliphatic rings. The second-order valence-corrected chi connectivity index (χ2v) is 5.92. The largest absolute Gasteiger partial charge is 0.319 e. The molecule has 2 heterocycles. The Morgan fingerprint density at radius 2 is 1.88 bits per heavy atom. The fraction of sp³-hybridized carbons (Fsp3) is 0.222. The van der Waals surface area contributed by atoms with E-state index in [2.05, 4.69) is 9.97 Å². The monoisotopic (exact) mass is 325 g/mol. The Labute approximate surface area is 137 Å². The predicted octanol–water partition coefficient (Wildman–Crippen LogP) is 3.07. The smallest absolute Gasteiger partial charge is 0.282 e. The number of aldehydes is 1. The van der Waals surface area contributed by atoms with Crippen molar-refractivity contribution in [3.63, 3.8) is 0 Å². The molecule has 0 N–H and O–H groups in total. The SMILES string of the molecule is CC(C)c1nc2c(c(-c3ccc(F)cc3)c1C=O)c(=O)ncn2C. The number of pyridine rings is 1. The Morgan fingerprint density at radius 1 is 1.21 bits per heavy atom. The van der Waals surface area contributed by atoms with E-state index >= 15 is 0 Å². The first-order valence-electron chi connectivity index (χ1n) is 7.54. The van der Waals surface area contributed by atoms with Crippen LogP contribution in [0, 0.1) is 5.82 Å². The molecular weight excluding hydrogens is 309 g/mol. The number of aromatic nitrogens is 3. The van der Waals surface area contributed by atoms with Gasteiger partial charge in [0.1, 0.15) is 17.8 Å². The van der Waals surface area contributed by atoms with Crippen molar-refractivity contribution in [3.8, 4) is 11.1 Å². The molecule has 0 unspecified atom stereocenters. The van der Waals surface area contributed by atoms with Gasteiger partial charge in [-0.1, -0.05) is 26.0 Å². The molecular formula is C18H16FN3O2. The second kappa shape index (κ2) is 5.96. The summed E-state index contributed by atoms with van der Waals surface area (Å²) in [6, 6.07) is 5.69. The van der Waals surface area contributed by atoms with Gasteiger partial charge in [0.25, 0.3) is 5.56 Å². The number of hydrogen-bond acceptors (Lipinski definition) is 4. The van der Waals surface area contributed by atoms with Gasteiger partial charge in [0, 0.05) is 18.2 Å². The fourth-order valence-corrected chi connectivity index (χ4v) is 2.80. The van der Waals surface area contributed by atoms with Crippen LogP contribution < -0.4 is 5.56 Å². The average molecular weight is 325 g/mol. The highest BCUT2D eigenvalue weighted by Crippen LogP contribution is 2.32. The normalized spacial score (nSPS) is 11.2. The molecule has 0 aliphatic carbocycles. The zero-order valence-electron chi connectivity index (χ0n) is 13.6. The molecule has 122 valence electrons. The van der Waals surface area contributed by atoms with Gasteiger partial charge in [-0.15, -0.1) is 0 Å². The molecule has 0 spiro atoms. The minimum absolute atomic E-state index is 0.0166. The zero-order valence-corrected chi connectivity index (χ0v) is 13.6. The van der Waals surface area contributed by atoms with E-state index in [0.717, 1.165) is 0 Å². The maximum Gasteiger partial charge on any atom is 0.282 e. The van der Waals surface area contributed by atoms with E-state index in [0.29, 0.717) is 34.3 Å². The van der Waals surface area contributed by atoms with Crippen molar-refractivity contribution >= 4 is 17.3 Å². The van der Waals surface area contributed by atoms with Gasteiger partial charge in [-0.05, 0) is 23.6 Å². The third-order valence-electron chi connectivity index (χ3n) is 3.94. The molecule has 0 aliphatic heterocycles. The number of benzene rings is 1. The summed E-state index contributed by atoms with van der Waals surface area (Å²) in [7, 11) is 1.74.